The quantitative estimate of drug-likeness (QED) is 0.606. The summed E-state index contributed by atoms with van der Waals surface area (Å²) in [5.41, 5.74) is -0.605. The Balaban J connectivity index is 1.95. The lowest BCUT2D eigenvalue weighted by Crippen LogP contribution is -2.31. The van der Waals surface area contributed by atoms with Crippen LogP contribution in [0.4, 0.5) is 10.1 Å². The van der Waals surface area contributed by atoms with Crippen molar-refractivity contribution in [3.8, 4) is 5.75 Å². The fraction of sp³-hybridized carbons (Fsp3) is 0.188. The predicted octanol–water partition coefficient (Wildman–Crippen LogP) is 2.88. The van der Waals surface area contributed by atoms with Gasteiger partial charge in [-0.2, -0.15) is 0 Å². The van der Waals surface area contributed by atoms with Gasteiger partial charge in [0.05, 0.1) is 23.1 Å². The van der Waals surface area contributed by atoms with Crippen molar-refractivity contribution in [1.29, 1.82) is 0 Å². The monoisotopic (exact) mass is 318 g/mol. The number of nitro benzene ring substituents is 1. The van der Waals surface area contributed by atoms with E-state index < -0.39 is 22.3 Å². The van der Waals surface area contributed by atoms with Gasteiger partial charge in [0.2, 0.25) is 0 Å². The number of carbonyl (C=O) groups is 1. The molecule has 6 nitrogen and oxygen atoms in total. The highest BCUT2D eigenvalue weighted by atomic mass is 19.1. The highest BCUT2D eigenvalue weighted by Gasteiger charge is 2.19. The van der Waals surface area contributed by atoms with Gasteiger partial charge in [-0.05, 0) is 18.2 Å². The zero-order valence-electron chi connectivity index (χ0n) is 12.4. The summed E-state index contributed by atoms with van der Waals surface area (Å²) in [6, 6.07) is 12.1. The first-order valence-electron chi connectivity index (χ1n) is 6.86. The first-order valence-corrected chi connectivity index (χ1v) is 6.86. The fourth-order valence-corrected chi connectivity index (χ4v) is 1.92. The molecule has 0 radical (unpaired) electrons. The Morgan fingerprint density at radius 3 is 2.57 bits per heavy atom. The molecular weight excluding hydrogens is 303 g/mol. The topological polar surface area (TPSA) is 72.7 Å². The van der Waals surface area contributed by atoms with Crippen molar-refractivity contribution in [2.75, 3.05) is 20.2 Å². The largest absolute Gasteiger partial charge is 0.492 e. The van der Waals surface area contributed by atoms with Gasteiger partial charge in [-0.15, -0.1) is 0 Å². The number of hydrogen-bond acceptors (Lipinski definition) is 4. The van der Waals surface area contributed by atoms with Crippen molar-refractivity contribution < 1.29 is 18.8 Å². The normalized spacial score (nSPS) is 10.2. The Bertz CT molecular complexity index is 706. The molecule has 2 aromatic carbocycles. The van der Waals surface area contributed by atoms with Gasteiger partial charge in [0.1, 0.15) is 18.2 Å². The minimum atomic E-state index is -0.917. The molecule has 0 fully saturated rings. The van der Waals surface area contributed by atoms with Crippen molar-refractivity contribution in [3.05, 3.63) is 70.0 Å². The van der Waals surface area contributed by atoms with Gasteiger partial charge in [-0.1, -0.05) is 18.2 Å². The fourth-order valence-electron chi connectivity index (χ4n) is 1.92. The molecule has 0 aliphatic carbocycles. The summed E-state index contributed by atoms with van der Waals surface area (Å²) >= 11 is 0. The molecule has 0 saturated heterocycles. The number of nitrogens with zero attached hydrogens (tertiary/aromatic N) is 2. The maximum absolute atomic E-state index is 13.8. The van der Waals surface area contributed by atoms with Crippen LogP contribution >= 0.6 is 0 Å². The maximum Gasteiger partial charge on any atom is 0.272 e. The molecule has 7 heteroatoms. The summed E-state index contributed by atoms with van der Waals surface area (Å²) in [4.78, 5) is 23.3. The molecule has 0 heterocycles. The van der Waals surface area contributed by atoms with E-state index in [-0.39, 0.29) is 18.7 Å². The molecule has 0 unspecified atom stereocenters. The number of benzene rings is 2. The van der Waals surface area contributed by atoms with E-state index in [2.05, 4.69) is 0 Å². The average Bonchev–Trinajstić information content (AvgIpc) is 2.55. The molecule has 0 N–H and O–H groups in total. The molecule has 0 spiro atoms. The van der Waals surface area contributed by atoms with E-state index in [0.717, 1.165) is 18.2 Å². The summed E-state index contributed by atoms with van der Waals surface area (Å²) in [5.74, 6) is -0.802. The number of hydrogen-bond donors (Lipinski definition) is 0. The number of non-ortho nitro benzene ring substituents is 1. The van der Waals surface area contributed by atoms with Crippen LogP contribution in [0.3, 0.4) is 0 Å². The predicted molar refractivity (Wildman–Crippen MR) is 82.0 cm³/mol. The van der Waals surface area contributed by atoms with Crippen LogP contribution in [0.15, 0.2) is 48.5 Å². The third kappa shape index (κ3) is 4.26. The van der Waals surface area contributed by atoms with Crippen LogP contribution in [-0.2, 0) is 0 Å². The summed E-state index contributed by atoms with van der Waals surface area (Å²) in [6.07, 6.45) is 0. The van der Waals surface area contributed by atoms with Crippen molar-refractivity contribution in [1.82, 2.24) is 4.90 Å². The molecule has 0 bridgehead atoms. The number of halogens is 1. The van der Waals surface area contributed by atoms with Crippen molar-refractivity contribution in [2.45, 2.75) is 0 Å². The minimum absolute atomic E-state index is 0.210. The summed E-state index contributed by atoms with van der Waals surface area (Å²) < 4.78 is 19.3. The van der Waals surface area contributed by atoms with Crippen LogP contribution in [0.2, 0.25) is 0 Å². The zero-order chi connectivity index (χ0) is 16.8. The van der Waals surface area contributed by atoms with Crippen molar-refractivity contribution in [3.63, 3.8) is 0 Å². The minimum Gasteiger partial charge on any atom is -0.492 e. The van der Waals surface area contributed by atoms with Crippen LogP contribution in [-0.4, -0.2) is 35.9 Å². The second kappa shape index (κ2) is 7.35. The summed E-state index contributed by atoms with van der Waals surface area (Å²) in [6.45, 7) is 0.505. The zero-order valence-corrected chi connectivity index (χ0v) is 12.4. The Morgan fingerprint density at radius 1 is 1.26 bits per heavy atom. The number of carbonyl (C=O) groups excluding carboxylic acids is 1. The smallest absolute Gasteiger partial charge is 0.272 e. The molecule has 23 heavy (non-hydrogen) atoms. The van der Waals surface area contributed by atoms with Crippen LogP contribution < -0.4 is 4.74 Å². The Labute approximate surface area is 132 Å². The number of rotatable bonds is 6. The number of ether oxygens (including phenoxy) is 1. The number of likely N-dealkylation sites (N-methyl/N-ethyl adjacent to an activating group) is 1. The van der Waals surface area contributed by atoms with Crippen LogP contribution in [0.1, 0.15) is 10.4 Å². The molecule has 0 atom stereocenters. The first-order chi connectivity index (χ1) is 11.0. The number of amides is 1. The van der Waals surface area contributed by atoms with Gasteiger partial charge in [-0.25, -0.2) is 4.39 Å². The van der Waals surface area contributed by atoms with Gasteiger partial charge >= 0.3 is 0 Å². The third-order valence-electron chi connectivity index (χ3n) is 3.18. The summed E-state index contributed by atoms with van der Waals surface area (Å²) in [5, 5.41) is 10.6. The van der Waals surface area contributed by atoms with E-state index in [4.69, 9.17) is 4.74 Å². The first kappa shape index (κ1) is 16.4. The lowest BCUT2D eigenvalue weighted by atomic mass is 10.1. The van der Waals surface area contributed by atoms with Gasteiger partial charge in [0.25, 0.3) is 11.6 Å². The second-order valence-electron chi connectivity index (χ2n) is 4.81. The highest BCUT2D eigenvalue weighted by molar-refractivity contribution is 5.94. The molecule has 1 amide bonds. The standard InChI is InChI=1S/C16H15FN2O4/c1-18(9-10-23-13-5-3-2-4-6-13)16(20)14-8-7-12(19(21)22)11-15(14)17/h2-8,11H,9-10H2,1H3. The van der Waals surface area contributed by atoms with E-state index in [9.17, 15) is 19.3 Å². The Hall–Kier alpha value is -2.96. The summed E-state index contributed by atoms with van der Waals surface area (Å²) in [7, 11) is 1.51. The van der Waals surface area contributed by atoms with E-state index in [1.54, 1.807) is 12.1 Å². The third-order valence-corrected chi connectivity index (χ3v) is 3.18. The highest BCUT2D eigenvalue weighted by Crippen LogP contribution is 2.17. The SMILES string of the molecule is CN(CCOc1ccccc1)C(=O)c1ccc([N+](=O)[O-])cc1F. The molecule has 0 aliphatic rings. The van der Waals surface area contributed by atoms with Crippen molar-refractivity contribution in [2.24, 2.45) is 0 Å². The van der Waals surface area contributed by atoms with Gasteiger partial charge in [0, 0.05) is 13.1 Å². The van der Waals surface area contributed by atoms with Crippen LogP contribution in [0, 0.1) is 15.9 Å². The molecule has 2 rings (SSSR count). The molecule has 0 saturated carbocycles. The number of nitro groups is 1. The van der Waals surface area contributed by atoms with E-state index in [1.165, 1.54) is 11.9 Å². The van der Waals surface area contributed by atoms with Crippen LogP contribution in [0.25, 0.3) is 0 Å². The van der Waals surface area contributed by atoms with Gasteiger partial charge < -0.3 is 9.64 Å². The molecule has 0 aliphatic heterocycles. The lowest BCUT2D eigenvalue weighted by molar-refractivity contribution is -0.385. The molecule has 0 aromatic heterocycles. The number of para-hydroxylation sites is 1. The average molecular weight is 318 g/mol. The van der Waals surface area contributed by atoms with E-state index in [0.29, 0.717) is 5.75 Å². The van der Waals surface area contributed by atoms with E-state index >= 15 is 0 Å². The molecule has 120 valence electrons. The maximum atomic E-state index is 13.8. The molecule has 2 aromatic rings. The lowest BCUT2D eigenvalue weighted by Gasteiger charge is -2.17. The second-order valence-corrected chi connectivity index (χ2v) is 4.81. The van der Waals surface area contributed by atoms with E-state index in [1.807, 2.05) is 18.2 Å². The van der Waals surface area contributed by atoms with Gasteiger partial charge in [0.15, 0.2) is 0 Å². The molecular formula is C16H15FN2O4. The Morgan fingerprint density at radius 2 is 1.96 bits per heavy atom. The Kier molecular flexibility index (Phi) is 5.24. The van der Waals surface area contributed by atoms with Gasteiger partial charge in [-0.3, -0.25) is 14.9 Å². The van der Waals surface area contributed by atoms with Crippen molar-refractivity contribution >= 4 is 11.6 Å². The van der Waals surface area contributed by atoms with Crippen LogP contribution in [0.5, 0.6) is 5.75 Å².